The molecule has 0 bridgehead atoms. The zero-order valence-electron chi connectivity index (χ0n) is 15.8. The Hall–Kier alpha value is -2.45. The molecule has 2 aromatic rings. The highest BCUT2D eigenvalue weighted by Crippen LogP contribution is 2.26. The van der Waals surface area contributed by atoms with Crippen LogP contribution in [0.4, 0.5) is 4.39 Å². The van der Waals surface area contributed by atoms with Crippen molar-refractivity contribution >= 4 is 15.9 Å². The summed E-state index contributed by atoms with van der Waals surface area (Å²) >= 11 is 0. The number of likely N-dealkylation sites (tertiary alicyclic amines) is 1. The van der Waals surface area contributed by atoms with Crippen LogP contribution in [-0.4, -0.2) is 39.4 Å². The molecule has 150 valence electrons. The van der Waals surface area contributed by atoms with Gasteiger partial charge in [0, 0.05) is 19.1 Å². The number of nitrogens with zero attached hydrogens (tertiary/aromatic N) is 1. The Morgan fingerprint density at radius 3 is 2.39 bits per heavy atom. The van der Waals surface area contributed by atoms with Crippen LogP contribution >= 0.6 is 0 Å². The Bertz CT molecular complexity index is 955. The van der Waals surface area contributed by atoms with Gasteiger partial charge >= 0.3 is 0 Å². The van der Waals surface area contributed by atoms with E-state index >= 15 is 0 Å². The van der Waals surface area contributed by atoms with E-state index in [0.717, 1.165) is 12.8 Å². The Labute approximate surface area is 164 Å². The summed E-state index contributed by atoms with van der Waals surface area (Å²) < 4.78 is 46.6. The minimum absolute atomic E-state index is 0.0233. The van der Waals surface area contributed by atoms with Gasteiger partial charge in [0.2, 0.25) is 10.0 Å². The van der Waals surface area contributed by atoms with Crippen LogP contribution in [0.1, 0.15) is 41.7 Å². The van der Waals surface area contributed by atoms with Crippen molar-refractivity contribution in [1.29, 1.82) is 0 Å². The predicted octanol–water partition coefficient (Wildman–Crippen LogP) is 3.11. The molecule has 1 aliphatic rings. The first-order chi connectivity index (χ1) is 13.3. The van der Waals surface area contributed by atoms with E-state index in [1.165, 1.54) is 49.6 Å². The topological polar surface area (TPSA) is 75.7 Å². The van der Waals surface area contributed by atoms with Gasteiger partial charge in [-0.3, -0.25) is 4.79 Å². The maximum atomic E-state index is 13.1. The van der Waals surface area contributed by atoms with Crippen LogP contribution in [0.15, 0.2) is 47.4 Å². The standard InChI is InChI=1S/C20H23FN2O4S/c1-14(15-5-7-16(21)8-6-15)22-28(25,26)17-9-10-19(27-2)18(13-17)20(24)23-11-3-4-12-23/h5-10,13-14,22H,3-4,11-12H2,1-2H3/t14-/m0/s1. The number of hydrogen-bond acceptors (Lipinski definition) is 4. The molecule has 1 amide bonds. The van der Waals surface area contributed by atoms with Crippen molar-refractivity contribution in [2.45, 2.75) is 30.7 Å². The van der Waals surface area contributed by atoms with Gasteiger partial charge in [-0.15, -0.1) is 0 Å². The average Bonchev–Trinajstić information content (AvgIpc) is 3.21. The Morgan fingerprint density at radius 1 is 1.14 bits per heavy atom. The Morgan fingerprint density at radius 2 is 1.79 bits per heavy atom. The highest BCUT2D eigenvalue weighted by molar-refractivity contribution is 7.89. The fourth-order valence-corrected chi connectivity index (χ4v) is 4.49. The molecular formula is C20H23FN2O4S. The van der Waals surface area contributed by atoms with Crippen LogP contribution in [0.5, 0.6) is 5.75 Å². The number of amides is 1. The van der Waals surface area contributed by atoms with Gasteiger partial charge in [0.05, 0.1) is 17.6 Å². The van der Waals surface area contributed by atoms with Crippen molar-refractivity contribution in [3.63, 3.8) is 0 Å². The van der Waals surface area contributed by atoms with Crippen molar-refractivity contribution < 1.29 is 22.3 Å². The van der Waals surface area contributed by atoms with E-state index in [0.29, 0.717) is 24.4 Å². The third-order valence-corrected chi connectivity index (χ3v) is 6.35. The molecule has 1 aliphatic heterocycles. The van der Waals surface area contributed by atoms with Gasteiger partial charge in [-0.05, 0) is 55.7 Å². The zero-order chi connectivity index (χ0) is 20.3. The molecule has 1 N–H and O–H groups in total. The van der Waals surface area contributed by atoms with Crippen LogP contribution in [-0.2, 0) is 10.0 Å². The third kappa shape index (κ3) is 4.34. The smallest absolute Gasteiger partial charge is 0.257 e. The second-order valence-electron chi connectivity index (χ2n) is 6.76. The molecule has 0 saturated carbocycles. The second-order valence-corrected chi connectivity index (χ2v) is 8.47. The molecule has 6 nitrogen and oxygen atoms in total. The van der Waals surface area contributed by atoms with Crippen LogP contribution < -0.4 is 9.46 Å². The van der Waals surface area contributed by atoms with E-state index in [4.69, 9.17) is 4.74 Å². The van der Waals surface area contributed by atoms with E-state index < -0.39 is 16.1 Å². The summed E-state index contributed by atoms with van der Waals surface area (Å²) in [5.74, 6) is -0.292. The summed E-state index contributed by atoms with van der Waals surface area (Å²) in [6.07, 6.45) is 1.87. The number of benzene rings is 2. The second kappa shape index (κ2) is 8.28. The third-order valence-electron chi connectivity index (χ3n) is 4.81. The van der Waals surface area contributed by atoms with E-state index in [-0.39, 0.29) is 22.2 Å². The summed E-state index contributed by atoms with van der Waals surface area (Å²) in [7, 11) is -2.45. The monoisotopic (exact) mass is 406 g/mol. The number of nitrogens with one attached hydrogen (secondary N) is 1. The first-order valence-corrected chi connectivity index (χ1v) is 10.6. The van der Waals surface area contributed by atoms with Gasteiger partial charge in [-0.25, -0.2) is 17.5 Å². The molecule has 0 radical (unpaired) electrons. The average molecular weight is 406 g/mol. The van der Waals surface area contributed by atoms with Crippen molar-refractivity contribution in [2.24, 2.45) is 0 Å². The number of ether oxygens (including phenoxy) is 1. The molecule has 0 aromatic heterocycles. The Balaban J connectivity index is 1.87. The lowest BCUT2D eigenvalue weighted by atomic mass is 10.1. The predicted molar refractivity (Wildman–Crippen MR) is 103 cm³/mol. The van der Waals surface area contributed by atoms with Gasteiger partial charge in [-0.1, -0.05) is 12.1 Å². The van der Waals surface area contributed by atoms with Crippen LogP contribution in [0.2, 0.25) is 0 Å². The largest absolute Gasteiger partial charge is 0.496 e. The summed E-state index contributed by atoms with van der Waals surface area (Å²) in [6.45, 7) is 2.97. The molecule has 1 heterocycles. The Kier molecular flexibility index (Phi) is 6.00. The summed E-state index contributed by atoms with van der Waals surface area (Å²) in [5.41, 5.74) is 0.855. The van der Waals surface area contributed by atoms with E-state index in [9.17, 15) is 17.6 Å². The molecule has 8 heteroatoms. The van der Waals surface area contributed by atoms with Gasteiger partial charge in [0.15, 0.2) is 0 Å². The fourth-order valence-electron chi connectivity index (χ4n) is 3.23. The lowest BCUT2D eigenvalue weighted by Gasteiger charge is -2.19. The highest BCUT2D eigenvalue weighted by Gasteiger charge is 2.26. The molecule has 0 spiro atoms. The number of sulfonamides is 1. The number of halogens is 1. The quantitative estimate of drug-likeness (QED) is 0.800. The SMILES string of the molecule is COc1ccc(S(=O)(=O)N[C@@H](C)c2ccc(F)cc2)cc1C(=O)N1CCCC1. The maximum absolute atomic E-state index is 13.1. The maximum Gasteiger partial charge on any atom is 0.257 e. The number of methoxy groups -OCH3 is 1. The first kappa shape index (κ1) is 20.3. The normalized spacial score (nSPS) is 15.5. The molecular weight excluding hydrogens is 383 g/mol. The molecule has 0 unspecified atom stereocenters. The van der Waals surface area contributed by atoms with Gasteiger partial charge in [-0.2, -0.15) is 0 Å². The van der Waals surface area contributed by atoms with Gasteiger partial charge < -0.3 is 9.64 Å². The van der Waals surface area contributed by atoms with E-state index in [1.54, 1.807) is 11.8 Å². The molecule has 2 aromatic carbocycles. The molecule has 28 heavy (non-hydrogen) atoms. The molecule has 1 saturated heterocycles. The minimum atomic E-state index is -3.89. The molecule has 1 fully saturated rings. The number of rotatable bonds is 6. The molecule has 0 aliphatic carbocycles. The zero-order valence-corrected chi connectivity index (χ0v) is 16.6. The number of carbonyl (C=O) groups is 1. The summed E-state index contributed by atoms with van der Waals surface area (Å²) in [6, 6.07) is 9.28. The number of hydrogen-bond donors (Lipinski definition) is 1. The van der Waals surface area contributed by atoms with Crippen LogP contribution in [0, 0.1) is 5.82 Å². The van der Waals surface area contributed by atoms with Crippen molar-refractivity contribution in [3.05, 3.63) is 59.4 Å². The van der Waals surface area contributed by atoms with Gasteiger partial charge in [0.1, 0.15) is 11.6 Å². The molecule has 3 rings (SSSR count). The van der Waals surface area contributed by atoms with Crippen molar-refractivity contribution in [2.75, 3.05) is 20.2 Å². The van der Waals surface area contributed by atoms with E-state index in [2.05, 4.69) is 4.72 Å². The summed E-state index contributed by atoms with van der Waals surface area (Å²) in [5, 5.41) is 0. The lowest BCUT2D eigenvalue weighted by molar-refractivity contribution is 0.0789. The summed E-state index contributed by atoms with van der Waals surface area (Å²) in [4.78, 5) is 14.5. The van der Waals surface area contributed by atoms with Crippen LogP contribution in [0.3, 0.4) is 0 Å². The van der Waals surface area contributed by atoms with Crippen molar-refractivity contribution in [1.82, 2.24) is 9.62 Å². The van der Waals surface area contributed by atoms with Crippen molar-refractivity contribution in [3.8, 4) is 5.75 Å². The highest BCUT2D eigenvalue weighted by atomic mass is 32.2. The van der Waals surface area contributed by atoms with Crippen LogP contribution in [0.25, 0.3) is 0 Å². The van der Waals surface area contributed by atoms with E-state index in [1.807, 2.05) is 0 Å². The minimum Gasteiger partial charge on any atom is -0.496 e. The molecule has 1 atom stereocenters. The fraction of sp³-hybridized carbons (Fsp3) is 0.350. The van der Waals surface area contributed by atoms with Gasteiger partial charge in [0.25, 0.3) is 5.91 Å². The number of carbonyl (C=O) groups excluding carboxylic acids is 1. The first-order valence-electron chi connectivity index (χ1n) is 9.07. The lowest BCUT2D eigenvalue weighted by Crippen LogP contribution is -2.29.